The summed E-state index contributed by atoms with van der Waals surface area (Å²) in [5.41, 5.74) is 7.68. The van der Waals surface area contributed by atoms with E-state index in [2.05, 4.69) is 30.3 Å². The van der Waals surface area contributed by atoms with Crippen molar-refractivity contribution < 1.29 is 13.6 Å². The third-order valence-electron chi connectivity index (χ3n) is 7.62. The number of furan rings is 1. The van der Waals surface area contributed by atoms with Crippen LogP contribution in [0, 0.1) is 6.92 Å². The second-order valence-electron chi connectivity index (χ2n) is 10.0. The first-order chi connectivity index (χ1) is 20.1. The molecule has 0 fully saturated rings. The van der Waals surface area contributed by atoms with E-state index in [1.54, 1.807) is 7.11 Å². The summed E-state index contributed by atoms with van der Waals surface area (Å²) in [6.45, 7) is 1.96. The van der Waals surface area contributed by atoms with E-state index in [0.29, 0.717) is 16.7 Å². The minimum atomic E-state index is -0.401. The highest BCUT2D eigenvalue weighted by Gasteiger charge is 2.25. The van der Waals surface area contributed by atoms with Gasteiger partial charge in [-0.2, -0.15) is 0 Å². The van der Waals surface area contributed by atoms with E-state index >= 15 is 0 Å². The predicted molar refractivity (Wildman–Crippen MR) is 165 cm³/mol. The summed E-state index contributed by atoms with van der Waals surface area (Å²) in [7, 11) is 1.63. The van der Waals surface area contributed by atoms with Crippen molar-refractivity contribution >= 4 is 21.9 Å². The average molecular weight is 535 g/mol. The van der Waals surface area contributed by atoms with Gasteiger partial charge in [0.1, 0.15) is 22.7 Å². The lowest BCUT2D eigenvalue weighted by atomic mass is 9.90. The van der Waals surface area contributed by atoms with E-state index in [0.717, 1.165) is 61.2 Å². The van der Waals surface area contributed by atoms with E-state index in [9.17, 15) is 4.79 Å². The number of rotatable bonds is 5. The molecule has 0 unspecified atom stereocenters. The van der Waals surface area contributed by atoms with Gasteiger partial charge in [0.15, 0.2) is 0 Å². The highest BCUT2D eigenvalue weighted by Crippen LogP contribution is 2.46. The van der Waals surface area contributed by atoms with Crippen LogP contribution in [-0.2, 0) is 0 Å². The summed E-state index contributed by atoms with van der Waals surface area (Å²) >= 11 is 0. The fourth-order valence-corrected chi connectivity index (χ4v) is 5.68. The van der Waals surface area contributed by atoms with Crippen LogP contribution in [0.5, 0.6) is 5.75 Å². The molecule has 7 aromatic rings. The highest BCUT2D eigenvalue weighted by atomic mass is 16.5. The Hall–Kier alpha value is -5.35. The number of fused-ring (bicyclic) bond motifs is 2. The van der Waals surface area contributed by atoms with Gasteiger partial charge in [-0.15, -0.1) is 0 Å². The zero-order chi connectivity index (χ0) is 27.9. The zero-order valence-electron chi connectivity index (χ0n) is 22.7. The van der Waals surface area contributed by atoms with Crippen molar-refractivity contribution in [2.24, 2.45) is 0 Å². The lowest BCUT2D eigenvalue weighted by molar-refractivity contribution is 0.415. The second kappa shape index (κ2) is 10.00. The lowest BCUT2D eigenvalue weighted by Gasteiger charge is -2.14. The number of aryl methyl sites for hydroxylation is 1. The van der Waals surface area contributed by atoms with Crippen LogP contribution in [0.4, 0.5) is 0 Å². The Labute approximate surface area is 237 Å². The summed E-state index contributed by atoms with van der Waals surface area (Å²) in [5, 5.41) is 1.82. The molecule has 0 N–H and O–H groups in total. The summed E-state index contributed by atoms with van der Waals surface area (Å²) in [6, 6.07) is 40.0. The molecular weight excluding hydrogens is 508 g/mol. The van der Waals surface area contributed by atoms with Gasteiger partial charge in [0, 0.05) is 33.0 Å². The van der Waals surface area contributed by atoms with Gasteiger partial charge in [-0.25, -0.2) is 4.79 Å². The predicted octanol–water partition coefficient (Wildman–Crippen LogP) is 9.52. The molecule has 4 nitrogen and oxygen atoms in total. The fourth-order valence-electron chi connectivity index (χ4n) is 5.68. The molecule has 2 aromatic heterocycles. The Morgan fingerprint density at radius 3 is 1.61 bits per heavy atom. The van der Waals surface area contributed by atoms with Crippen molar-refractivity contribution in [1.29, 1.82) is 0 Å². The van der Waals surface area contributed by atoms with Gasteiger partial charge < -0.3 is 13.6 Å². The van der Waals surface area contributed by atoms with E-state index in [1.165, 1.54) is 0 Å². The smallest absolute Gasteiger partial charge is 0.344 e. The van der Waals surface area contributed by atoms with Gasteiger partial charge in [-0.05, 0) is 41.8 Å². The number of hydrogen-bond acceptors (Lipinski definition) is 4. The Bertz CT molecular complexity index is 2070. The molecule has 41 heavy (non-hydrogen) atoms. The molecule has 198 valence electrons. The topological polar surface area (TPSA) is 52.6 Å². The molecule has 0 aliphatic heterocycles. The lowest BCUT2D eigenvalue weighted by Crippen LogP contribution is -2.07. The van der Waals surface area contributed by atoms with Crippen LogP contribution in [0.15, 0.2) is 135 Å². The monoisotopic (exact) mass is 534 g/mol. The Balaban J connectivity index is 1.64. The van der Waals surface area contributed by atoms with E-state index < -0.39 is 5.63 Å². The molecule has 7 rings (SSSR count). The first kappa shape index (κ1) is 24.7. The minimum Gasteiger partial charge on any atom is -0.497 e. The fraction of sp³-hybridized carbons (Fsp3) is 0.0541. The van der Waals surface area contributed by atoms with Crippen molar-refractivity contribution in [2.75, 3.05) is 7.11 Å². The molecule has 0 aliphatic carbocycles. The molecule has 4 heteroatoms. The van der Waals surface area contributed by atoms with Crippen LogP contribution < -0.4 is 10.4 Å². The number of ether oxygens (including phenoxy) is 1. The summed E-state index contributed by atoms with van der Waals surface area (Å²) in [6.07, 6.45) is 0. The first-order valence-electron chi connectivity index (χ1n) is 13.5. The van der Waals surface area contributed by atoms with E-state index in [4.69, 9.17) is 13.6 Å². The van der Waals surface area contributed by atoms with Crippen molar-refractivity contribution in [3.05, 3.63) is 137 Å². The van der Waals surface area contributed by atoms with Gasteiger partial charge in [-0.3, -0.25) is 0 Å². The van der Waals surface area contributed by atoms with Crippen LogP contribution >= 0.6 is 0 Å². The SMILES string of the molecule is COc1ccc(-c2c(-c3ccccc3)c3cc4c(-c5ccccc5)c(-c5ccccc5)oc4c(C)c3oc2=O)cc1. The maximum Gasteiger partial charge on any atom is 0.344 e. The van der Waals surface area contributed by atoms with Crippen LogP contribution in [0.25, 0.3) is 66.6 Å². The van der Waals surface area contributed by atoms with Gasteiger partial charge in [0.05, 0.1) is 12.7 Å². The number of methoxy groups -OCH3 is 1. The van der Waals surface area contributed by atoms with Crippen molar-refractivity contribution in [3.63, 3.8) is 0 Å². The van der Waals surface area contributed by atoms with Crippen molar-refractivity contribution in [2.45, 2.75) is 6.92 Å². The van der Waals surface area contributed by atoms with E-state index in [1.807, 2.05) is 97.9 Å². The quantitative estimate of drug-likeness (QED) is 0.206. The molecule has 5 aromatic carbocycles. The highest BCUT2D eigenvalue weighted by molar-refractivity contribution is 6.13. The third kappa shape index (κ3) is 4.12. The zero-order valence-corrected chi connectivity index (χ0v) is 22.7. The maximum atomic E-state index is 13.8. The molecule has 0 spiro atoms. The molecule has 0 atom stereocenters. The molecule has 0 amide bonds. The average Bonchev–Trinajstić information content (AvgIpc) is 3.42. The molecule has 0 radical (unpaired) electrons. The standard InChI is InChI=1S/C37H26O4/c1-23-34-30(32(25-14-8-4-9-15-25)36(40-34)27-16-10-5-11-17-27)22-29-31(24-12-6-3-7-13-24)33(37(38)41-35(23)29)26-18-20-28(39-2)21-19-26/h3-22H,1-2H3. The number of benzene rings is 5. The Morgan fingerprint density at radius 1 is 0.537 bits per heavy atom. The van der Waals surface area contributed by atoms with Crippen LogP contribution in [0.2, 0.25) is 0 Å². The summed E-state index contributed by atoms with van der Waals surface area (Å²) in [5.74, 6) is 1.50. The molecular formula is C37H26O4. The molecule has 0 bridgehead atoms. The largest absolute Gasteiger partial charge is 0.497 e. The molecule has 0 saturated heterocycles. The summed E-state index contributed by atoms with van der Waals surface area (Å²) in [4.78, 5) is 13.8. The Kier molecular flexibility index (Phi) is 6.02. The molecule has 0 saturated carbocycles. The third-order valence-corrected chi connectivity index (χ3v) is 7.62. The van der Waals surface area contributed by atoms with Crippen LogP contribution in [0.1, 0.15) is 5.56 Å². The van der Waals surface area contributed by atoms with Gasteiger partial charge in [-0.1, -0.05) is 103 Å². The van der Waals surface area contributed by atoms with Crippen LogP contribution in [-0.4, -0.2) is 7.11 Å². The number of hydrogen-bond donors (Lipinski definition) is 0. The van der Waals surface area contributed by atoms with Crippen LogP contribution in [0.3, 0.4) is 0 Å². The van der Waals surface area contributed by atoms with Crippen molar-refractivity contribution in [3.8, 4) is 50.5 Å². The van der Waals surface area contributed by atoms with Gasteiger partial charge in [0.25, 0.3) is 0 Å². The molecule has 0 aliphatic rings. The molecule has 2 heterocycles. The maximum absolute atomic E-state index is 13.8. The summed E-state index contributed by atoms with van der Waals surface area (Å²) < 4.78 is 18.1. The van der Waals surface area contributed by atoms with E-state index in [-0.39, 0.29) is 0 Å². The minimum absolute atomic E-state index is 0.401. The first-order valence-corrected chi connectivity index (χ1v) is 13.5. The Morgan fingerprint density at radius 2 is 1.02 bits per heavy atom. The normalized spacial score (nSPS) is 11.3. The van der Waals surface area contributed by atoms with Crippen molar-refractivity contribution in [1.82, 2.24) is 0 Å². The van der Waals surface area contributed by atoms with Gasteiger partial charge in [0.2, 0.25) is 0 Å². The second-order valence-corrected chi connectivity index (χ2v) is 10.0. The van der Waals surface area contributed by atoms with Gasteiger partial charge >= 0.3 is 5.63 Å².